The Hall–Kier alpha value is -2.29. The van der Waals surface area contributed by atoms with Gasteiger partial charge in [-0.2, -0.15) is 9.69 Å². The van der Waals surface area contributed by atoms with Gasteiger partial charge in [0.2, 0.25) is 5.25 Å². The first-order chi connectivity index (χ1) is 9.72. The van der Waals surface area contributed by atoms with E-state index in [1.54, 1.807) is 0 Å². The van der Waals surface area contributed by atoms with Crippen LogP contribution in [0.5, 0.6) is 0 Å². The molecule has 0 radical (unpaired) electrons. The van der Waals surface area contributed by atoms with Crippen molar-refractivity contribution in [2.24, 2.45) is 0 Å². The van der Waals surface area contributed by atoms with E-state index in [1.807, 2.05) is 0 Å². The molecule has 1 aromatic rings. The maximum Gasteiger partial charge on any atom is 0.500 e. The Morgan fingerprint density at radius 3 is 2.38 bits per heavy atom. The molecule has 0 fully saturated rings. The van der Waals surface area contributed by atoms with E-state index in [-0.39, 0.29) is 5.69 Å². The van der Waals surface area contributed by atoms with E-state index >= 15 is 0 Å². The molecule has 112 valence electrons. The quantitative estimate of drug-likeness (QED) is 0.810. The number of rotatable bonds is 3. The van der Waals surface area contributed by atoms with E-state index in [4.69, 9.17) is 0 Å². The Balaban J connectivity index is 2.33. The molecule has 1 N–H and O–H groups in total. The molecule has 0 aliphatic carbocycles. The lowest BCUT2D eigenvalue weighted by Gasteiger charge is -2.20. The highest BCUT2D eigenvalue weighted by Gasteiger charge is 2.46. The fraction of sp³-hybridized carbons (Fsp3) is 0.250. The number of urea groups is 1. The first-order valence-electron chi connectivity index (χ1n) is 5.89. The summed E-state index contributed by atoms with van der Waals surface area (Å²) < 4.78 is 40.5. The second-order valence-corrected chi connectivity index (χ2v) is 6.32. The first kappa shape index (κ1) is 15.1. The van der Waals surface area contributed by atoms with Crippen LogP contribution < -0.4 is 4.72 Å². The number of hydrogen-bond donors (Lipinski definition) is 1. The molecule has 0 saturated carbocycles. The molecule has 1 aromatic carbocycles. The van der Waals surface area contributed by atoms with Gasteiger partial charge in [-0.15, -0.1) is 0 Å². The number of anilines is 1. The van der Waals surface area contributed by atoms with Gasteiger partial charge < -0.3 is 0 Å². The molecule has 7 nitrogen and oxygen atoms in total. The number of amides is 3. The zero-order valence-electron chi connectivity index (χ0n) is 11.3. The second kappa shape index (κ2) is 5.24. The van der Waals surface area contributed by atoms with Gasteiger partial charge in [0.25, 0.3) is 10.0 Å². The minimum Gasteiger partial charge on any atom is -0.282 e. The molecular weight excluding hydrogens is 301 g/mol. The molecule has 21 heavy (non-hydrogen) atoms. The number of hydrogen-bond acceptors (Lipinski definition) is 4. The normalized spacial score (nSPS) is 19.5. The Labute approximate surface area is 120 Å². The van der Waals surface area contributed by atoms with Crippen molar-refractivity contribution in [1.82, 2.24) is 4.90 Å². The predicted octanol–water partition coefficient (Wildman–Crippen LogP) is 0.241. The minimum absolute atomic E-state index is 0.125. The van der Waals surface area contributed by atoms with Crippen LogP contribution in [0.1, 0.15) is 0 Å². The number of sulfonamides is 1. The van der Waals surface area contributed by atoms with Crippen LogP contribution in [-0.2, 0) is 14.8 Å². The number of carbonyl (C=O) groups is 2. The standard InChI is InChI=1S/C12H13FN3O4S/c1-15-7-10(11(17)16(2)12(15)18)21(19,20)14-9-5-3-8(13)4-6-9/h3-7,10,14H,1-2H3/q+1. The number of benzene rings is 1. The van der Waals surface area contributed by atoms with E-state index < -0.39 is 33.0 Å². The van der Waals surface area contributed by atoms with Crippen molar-refractivity contribution in [3.63, 3.8) is 0 Å². The van der Waals surface area contributed by atoms with Crippen LogP contribution in [0.3, 0.4) is 0 Å². The number of nitrogens with one attached hydrogen (secondary N) is 1. The van der Waals surface area contributed by atoms with Crippen molar-refractivity contribution in [3.05, 3.63) is 30.1 Å². The highest BCUT2D eigenvalue weighted by Crippen LogP contribution is 2.15. The average Bonchev–Trinajstić information content (AvgIpc) is 2.42. The lowest BCUT2D eigenvalue weighted by Crippen LogP contribution is -2.54. The van der Waals surface area contributed by atoms with Crippen molar-refractivity contribution in [1.29, 1.82) is 0 Å². The van der Waals surface area contributed by atoms with E-state index in [2.05, 4.69) is 4.72 Å². The zero-order valence-corrected chi connectivity index (χ0v) is 12.1. The van der Waals surface area contributed by atoms with Crippen LogP contribution in [0.4, 0.5) is 14.9 Å². The molecule has 2 rings (SSSR count). The van der Waals surface area contributed by atoms with E-state index in [0.29, 0.717) is 0 Å². The summed E-state index contributed by atoms with van der Waals surface area (Å²) in [5.74, 6) is -1.36. The summed E-state index contributed by atoms with van der Waals surface area (Å²) >= 11 is 0. The molecule has 0 saturated heterocycles. The Kier molecular flexibility index (Phi) is 3.77. The van der Waals surface area contributed by atoms with Crippen LogP contribution in [0.15, 0.2) is 24.3 Å². The molecule has 0 aromatic heterocycles. The van der Waals surface area contributed by atoms with Crippen LogP contribution >= 0.6 is 0 Å². The Morgan fingerprint density at radius 1 is 1.24 bits per heavy atom. The molecular formula is C12H13FN3O4S+. The lowest BCUT2D eigenvalue weighted by atomic mass is 10.3. The zero-order chi connectivity index (χ0) is 15.8. The van der Waals surface area contributed by atoms with Gasteiger partial charge in [0.15, 0.2) is 0 Å². The third-order valence-electron chi connectivity index (χ3n) is 2.96. The van der Waals surface area contributed by atoms with Gasteiger partial charge in [-0.3, -0.25) is 4.72 Å². The van der Waals surface area contributed by atoms with Crippen LogP contribution in [-0.4, -0.2) is 55.4 Å². The molecule has 1 aliphatic rings. The third-order valence-corrected chi connectivity index (χ3v) is 4.47. The van der Waals surface area contributed by atoms with E-state index in [0.717, 1.165) is 27.8 Å². The highest BCUT2D eigenvalue weighted by molar-refractivity contribution is 7.94. The average molecular weight is 314 g/mol. The molecule has 0 bridgehead atoms. The molecule has 1 atom stereocenters. The number of nitrogens with zero attached hydrogens (tertiary/aromatic N) is 2. The van der Waals surface area contributed by atoms with Crippen molar-refractivity contribution < 1.29 is 27.0 Å². The number of carbonyl (C=O) groups excluding carboxylic acids is 2. The Bertz CT molecular complexity index is 727. The third kappa shape index (κ3) is 2.92. The van der Waals surface area contributed by atoms with Crippen LogP contribution in [0.25, 0.3) is 0 Å². The molecule has 3 amide bonds. The summed E-state index contributed by atoms with van der Waals surface area (Å²) in [6.07, 6.45) is 1.02. The van der Waals surface area contributed by atoms with E-state index in [1.165, 1.54) is 26.2 Å². The summed E-state index contributed by atoms with van der Waals surface area (Å²) in [5.41, 5.74) is 0.125. The summed E-state index contributed by atoms with van der Waals surface area (Å²) in [6, 6.07) is 4.03. The minimum atomic E-state index is -4.10. The van der Waals surface area contributed by atoms with Crippen LogP contribution in [0, 0.1) is 5.82 Å². The largest absolute Gasteiger partial charge is 0.500 e. The van der Waals surface area contributed by atoms with Crippen molar-refractivity contribution >= 4 is 33.9 Å². The molecule has 1 heterocycles. The molecule has 0 spiro atoms. The van der Waals surface area contributed by atoms with Crippen molar-refractivity contribution in [3.8, 4) is 0 Å². The van der Waals surface area contributed by atoms with Crippen molar-refractivity contribution in [2.45, 2.75) is 5.25 Å². The summed E-state index contributed by atoms with van der Waals surface area (Å²) in [4.78, 5) is 24.2. The van der Waals surface area contributed by atoms with Gasteiger partial charge in [-0.05, 0) is 24.3 Å². The lowest BCUT2D eigenvalue weighted by molar-refractivity contribution is -0.399. The second-order valence-electron chi connectivity index (χ2n) is 4.51. The summed E-state index contributed by atoms with van der Waals surface area (Å²) in [6.45, 7) is 0. The highest BCUT2D eigenvalue weighted by atomic mass is 32.2. The van der Waals surface area contributed by atoms with Crippen LogP contribution in [0.2, 0.25) is 0 Å². The predicted molar refractivity (Wildman–Crippen MR) is 73.1 cm³/mol. The summed E-state index contributed by atoms with van der Waals surface area (Å²) in [7, 11) is -1.54. The number of halogens is 1. The molecule has 9 heteroatoms. The van der Waals surface area contributed by atoms with Gasteiger partial charge in [0.05, 0.1) is 14.1 Å². The maximum atomic E-state index is 12.8. The van der Waals surface area contributed by atoms with Gasteiger partial charge in [-0.1, -0.05) is 0 Å². The molecule has 1 aliphatic heterocycles. The summed E-state index contributed by atoms with van der Waals surface area (Å²) in [5, 5.41) is -1.53. The smallest absolute Gasteiger partial charge is 0.282 e. The number of imide groups is 1. The molecule has 1 unspecified atom stereocenters. The fourth-order valence-corrected chi connectivity index (χ4v) is 3.17. The van der Waals surface area contributed by atoms with Crippen molar-refractivity contribution in [2.75, 3.05) is 18.8 Å². The van der Waals surface area contributed by atoms with Gasteiger partial charge in [-0.25, -0.2) is 22.2 Å². The monoisotopic (exact) mass is 314 g/mol. The topological polar surface area (TPSA) is 86.6 Å². The van der Waals surface area contributed by atoms with Gasteiger partial charge >= 0.3 is 11.9 Å². The SMILES string of the molecule is CN1C(=O)C(S(=O)(=O)Nc2ccc(F)cc2)C=[N+](C)C1=O. The first-order valence-corrected chi connectivity index (χ1v) is 7.43. The van der Waals surface area contributed by atoms with Gasteiger partial charge in [0, 0.05) is 5.69 Å². The van der Waals surface area contributed by atoms with E-state index in [9.17, 15) is 22.4 Å². The maximum absolute atomic E-state index is 12.8. The fourth-order valence-electron chi connectivity index (χ4n) is 1.81. The van der Waals surface area contributed by atoms with Gasteiger partial charge in [0.1, 0.15) is 12.0 Å². The Morgan fingerprint density at radius 2 is 1.81 bits per heavy atom.